The maximum Gasteiger partial charge on any atom is 0.162 e. The molecular formula is C15H20ClNO2. The molecule has 4 heteroatoms. The molecule has 0 aromatic heterocycles. The lowest BCUT2D eigenvalue weighted by atomic mass is 10.1. The highest BCUT2D eigenvalue weighted by atomic mass is 35.5. The molecule has 0 bridgehead atoms. The maximum atomic E-state index is 10.1. The molecule has 2 aliphatic carbocycles. The lowest BCUT2D eigenvalue weighted by molar-refractivity contribution is 0.365. The Balaban J connectivity index is 1.70. The van der Waals surface area contributed by atoms with Crippen molar-refractivity contribution in [3.8, 4) is 11.5 Å². The highest BCUT2D eigenvalue weighted by Crippen LogP contribution is 2.45. The van der Waals surface area contributed by atoms with E-state index in [-0.39, 0.29) is 5.75 Å². The first kappa shape index (κ1) is 13.1. The van der Waals surface area contributed by atoms with E-state index in [4.69, 9.17) is 16.3 Å². The maximum absolute atomic E-state index is 10.1. The lowest BCUT2D eigenvalue weighted by Crippen LogP contribution is -2.32. The van der Waals surface area contributed by atoms with Gasteiger partial charge in [-0.25, -0.2) is 0 Å². The number of hydrogen-bond acceptors (Lipinski definition) is 3. The van der Waals surface area contributed by atoms with E-state index in [1.807, 2.05) is 6.07 Å². The van der Waals surface area contributed by atoms with Gasteiger partial charge in [-0.15, -0.1) is 0 Å². The van der Waals surface area contributed by atoms with Gasteiger partial charge in [0.15, 0.2) is 11.5 Å². The van der Waals surface area contributed by atoms with Gasteiger partial charge in [0.05, 0.1) is 7.11 Å². The van der Waals surface area contributed by atoms with Crippen molar-refractivity contribution < 1.29 is 9.84 Å². The molecule has 19 heavy (non-hydrogen) atoms. The van der Waals surface area contributed by atoms with Crippen molar-refractivity contribution in [1.82, 2.24) is 5.32 Å². The van der Waals surface area contributed by atoms with E-state index in [0.717, 1.165) is 17.4 Å². The normalized spacial score (nSPS) is 18.9. The van der Waals surface area contributed by atoms with Crippen molar-refractivity contribution in [2.75, 3.05) is 7.11 Å². The van der Waals surface area contributed by atoms with E-state index in [1.54, 1.807) is 13.2 Å². The summed E-state index contributed by atoms with van der Waals surface area (Å²) in [6.07, 6.45) is 5.38. The van der Waals surface area contributed by atoms with Gasteiger partial charge in [0.25, 0.3) is 0 Å². The van der Waals surface area contributed by atoms with E-state index < -0.39 is 0 Å². The van der Waals surface area contributed by atoms with Crippen LogP contribution in [0.4, 0.5) is 0 Å². The van der Waals surface area contributed by atoms with Gasteiger partial charge in [0, 0.05) is 29.2 Å². The number of phenolic OH excluding ortho intramolecular Hbond substituents is 1. The summed E-state index contributed by atoms with van der Waals surface area (Å²) in [4.78, 5) is 0. The molecule has 0 amide bonds. The minimum atomic E-state index is 0.199. The molecule has 0 unspecified atom stereocenters. The molecule has 0 spiro atoms. The second-order valence-corrected chi connectivity index (χ2v) is 6.13. The van der Waals surface area contributed by atoms with E-state index in [0.29, 0.717) is 23.4 Å². The van der Waals surface area contributed by atoms with Crippen LogP contribution in [0, 0.1) is 11.8 Å². The van der Waals surface area contributed by atoms with Crippen LogP contribution in [0.15, 0.2) is 12.1 Å². The van der Waals surface area contributed by atoms with Crippen molar-refractivity contribution in [3.05, 3.63) is 22.7 Å². The van der Waals surface area contributed by atoms with Gasteiger partial charge in [0.1, 0.15) is 0 Å². The van der Waals surface area contributed by atoms with E-state index in [2.05, 4.69) is 5.32 Å². The van der Waals surface area contributed by atoms with Crippen molar-refractivity contribution >= 4 is 11.6 Å². The molecule has 3 rings (SSSR count). The second kappa shape index (κ2) is 5.22. The van der Waals surface area contributed by atoms with Crippen LogP contribution >= 0.6 is 11.6 Å². The molecule has 2 fully saturated rings. The quantitative estimate of drug-likeness (QED) is 0.840. The molecule has 104 valence electrons. The predicted molar refractivity (Wildman–Crippen MR) is 75.7 cm³/mol. The summed E-state index contributed by atoms with van der Waals surface area (Å²) in [7, 11) is 1.54. The number of rotatable bonds is 6. The third-order valence-corrected chi connectivity index (χ3v) is 4.34. The summed E-state index contributed by atoms with van der Waals surface area (Å²) < 4.78 is 5.13. The fourth-order valence-electron chi connectivity index (χ4n) is 2.78. The number of phenols is 1. The minimum absolute atomic E-state index is 0.199. The summed E-state index contributed by atoms with van der Waals surface area (Å²) in [5, 5.41) is 14.3. The largest absolute Gasteiger partial charge is 0.504 e. The van der Waals surface area contributed by atoms with Gasteiger partial charge in [0.2, 0.25) is 0 Å². The van der Waals surface area contributed by atoms with Crippen LogP contribution in [0.3, 0.4) is 0 Å². The van der Waals surface area contributed by atoms with Gasteiger partial charge in [-0.05, 0) is 43.6 Å². The van der Waals surface area contributed by atoms with Crippen LogP contribution in [-0.2, 0) is 6.54 Å². The molecule has 0 saturated heterocycles. The first-order valence-corrected chi connectivity index (χ1v) is 7.35. The van der Waals surface area contributed by atoms with E-state index >= 15 is 0 Å². The van der Waals surface area contributed by atoms with Gasteiger partial charge in [-0.2, -0.15) is 0 Å². The fourth-order valence-corrected chi connectivity index (χ4v) is 3.01. The summed E-state index contributed by atoms with van der Waals surface area (Å²) in [5.74, 6) is 2.33. The van der Waals surface area contributed by atoms with Crippen molar-refractivity contribution in [2.24, 2.45) is 11.8 Å². The third kappa shape index (κ3) is 2.98. The van der Waals surface area contributed by atoms with E-state index in [1.165, 1.54) is 25.7 Å². The highest BCUT2D eigenvalue weighted by Gasteiger charge is 2.41. The average Bonchev–Trinajstić information content (AvgIpc) is 3.26. The molecule has 3 nitrogen and oxygen atoms in total. The molecule has 1 aromatic carbocycles. The van der Waals surface area contributed by atoms with Crippen LogP contribution in [0.25, 0.3) is 0 Å². The van der Waals surface area contributed by atoms with Crippen molar-refractivity contribution in [1.29, 1.82) is 0 Å². The molecule has 2 saturated carbocycles. The smallest absolute Gasteiger partial charge is 0.162 e. The molecule has 0 atom stereocenters. The Morgan fingerprint density at radius 3 is 2.47 bits per heavy atom. The summed E-state index contributed by atoms with van der Waals surface area (Å²) in [6.45, 7) is 0.653. The molecular weight excluding hydrogens is 262 g/mol. The Hall–Kier alpha value is -0.930. The highest BCUT2D eigenvalue weighted by molar-refractivity contribution is 6.30. The summed E-state index contributed by atoms with van der Waals surface area (Å²) >= 11 is 6.05. The van der Waals surface area contributed by atoms with Crippen LogP contribution in [0.1, 0.15) is 31.2 Å². The van der Waals surface area contributed by atoms with Crippen molar-refractivity contribution in [3.63, 3.8) is 0 Å². The zero-order chi connectivity index (χ0) is 13.4. The minimum Gasteiger partial charge on any atom is -0.504 e. The lowest BCUT2D eigenvalue weighted by Gasteiger charge is -2.18. The fraction of sp³-hybridized carbons (Fsp3) is 0.600. The Kier molecular flexibility index (Phi) is 3.59. The Bertz CT molecular complexity index is 457. The molecule has 2 aliphatic rings. The van der Waals surface area contributed by atoms with Crippen LogP contribution in [0.5, 0.6) is 11.5 Å². The SMILES string of the molecule is COc1cc(Cl)cc(CNC(C2CC2)C2CC2)c1O. The van der Waals surface area contributed by atoms with Crippen LogP contribution < -0.4 is 10.1 Å². The van der Waals surface area contributed by atoms with E-state index in [9.17, 15) is 5.11 Å². The number of nitrogens with one attached hydrogen (secondary N) is 1. The Morgan fingerprint density at radius 2 is 1.95 bits per heavy atom. The standard InChI is InChI=1S/C15H20ClNO2/c1-19-13-7-12(16)6-11(15(13)18)8-17-14(9-2-3-9)10-4-5-10/h6-7,9-10,14,17-18H,2-5,8H2,1H3. The first-order chi connectivity index (χ1) is 9.19. The van der Waals surface area contributed by atoms with Gasteiger partial charge in [-0.1, -0.05) is 11.6 Å². The first-order valence-electron chi connectivity index (χ1n) is 6.98. The van der Waals surface area contributed by atoms with Crippen LogP contribution in [-0.4, -0.2) is 18.3 Å². The molecule has 1 aromatic rings. The summed E-state index contributed by atoms with van der Waals surface area (Å²) in [6, 6.07) is 4.06. The number of halogens is 1. The zero-order valence-electron chi connectivity index (χ0n) is 11.2. The predicted octanol–water partition coefficient (Wildman–Crippen LogP) is 3.33. The number of benzene rings is 1. The van der Waals surface area contributed by atoms with Gasteiger partial charge < -0.3 is 15.2 Å². The van der Waals surface area contributed by atoms with Gasteiger partial charge >= 0.3 is 0 Å². The number of ether oxygens (including phenoxy) is 1. The second-order valence-electron chi connectivity index (χ2n) is 5.70. The molecule has 0 aliphatic heterocycles. The molecule has 0 heterocycles. The number of methoxy groups -OCH3 is 1. The molecule has 2 N–H and O–H groups in total. The monoisotopic (exact) mass is 281 g/mol. The summed E-state index contributed by atoms with van der Waals surface area (Å²) in [5.41, 5.74) is 0.815. The Morgan fingerprint density at radius 1 is 1.32 bits per heavy atom. The van der Waals surface area contributed by atoms with Crippen LogP contribution in [0.2, 0.25) is 5.02 Å². The topological polar surface area (TPSA) is 41.5 Å². The van der Waals surface area contributed by atoms with Gasteiger partial charge in [-0.3, -0.25) is 0 Å². The molecule has 0 radical (unpaired) electrons. The third-order valence-electron chi connectivity index (χ3n) is 4.13. The number of hydrogen-bond donors (Lipinski definition) is 2. The number of aromatic hydroxyl groups is 1. The average molecular weight is 282 g/mol. The van der Waals surface area contributed by atoms with Crippen molar-refractivity contribution in [2.45, 2.75) is 38.3 Å². The Labute approximate surface area is 118 Å². The zero-order valence-corrected chi connectivity index (χ0v) is 11.9.